The number of rotatable bonds is 4. The molecular formula is C14H19ClN2O. The molecular weight excluding hydrogens is 248 g/mol. The molecule has 2 rings (SSSR count). The first-order valence-corrected chi connectivity index (χ1v) is 6.57. The van der Waals surface area contributed by atoms with Gasteiger partial charge in [-0.05, 0) is 32.4 Å². The van der Waals surface area contributed by atoms with Crippen molar-refractivity contribution in [1.29, 1.82) is 0 Å². The zero-order valence-corrected chi connectivity index (χ0v) is 12.1. The van der Waals surface area contributed by atoms with E-state index < -0.39 is 0 Å². The fraction of sp³-hybridized carbons (Fsp3) is 0.500. The van der Waals surface area contributed by atoms with Crippen LogP contribution in [0.15, 0.2) is 18.2 Å². The Morgan fingerprint density at radius 3 is 2.72 bits per heavy atom. The van der Waals surface area contributed by atoms with Crippen molar-refractivity contribution in [3.05, 3.63) is 29.6 Å². The highest BCUT2D eigenvalue weighted by Gasteiger charge is 2.26. The molecule has 0 N–H and O–H groups in total. The third-order valence-corrected chi connectivity index (χ3v) is 3.41. The summed E-state index contributed by atoms with van der Waals surface area (Å²) in [5.41, 5.74) is 3.19. The quantitative estimate of drug-likeness (QED) is 0.793. The topological polar surface area (TPSA) is 27.1 Å². The molecule has 98 valence electrons. The number of benzene rings is 1. The minimum Gasteiger partial charge on any atom is -0.382 e. The van der Waals surface area contributed by atoms with Crippen LogP contribution in [-0.2, 0) is 16.2 Å². The van der Waals surface area contributed by atoms with Crippen LogP contribution in [0.25, 0.3) is 11.0 Å². The van der Waals surface area contributed by atoms with Gasteiger partial charge in [-0.1, -0.05) is 12.1 Å². The summed E-state index contributed by atoms with van der Waals surface area (Å²) < 4.78 is 7.53. The maximum absolute atomic E-state index is 6.04. The number of aryl methyl sites for hydroxylation is 1. The molecule has 0 unspecified atom stereocenters. The molecule has 0 bridgehead atoms. The lowest BCUT2D eigenvalue weighted by Gasteiger charge is -2.28. The van der Waals surface area contributed by atoms with E-state index >= 15 is 0 Å². The summed E-state index contributed by atoms with van der Waals surface area (Å²) in [6.45, 7) is 7.00. The molecule has 3 nitrogen and oxygen atoms in total. The minimum atomic E-state index is -0.167. The standard InChI is InChI=1S/C14H19ClN2O/c1-10-6-5-7-11-13(10)17(12(8-15)16-11)14(2,3)9-18-4/h5-7H,8-9H2,1-4H3. The Bertz CT molecular complexity index is 560. The van der Waals surface area contributed by atoms with Crippen LogP contribution in [0.3, 0.4) is 0 Å². The molecule has 1 aromatic heterocycles. The van der Waals surface area contributed by atoms with Crippen LogP contribution < -0.4 is 0 Å². The van der Waals surface area contributed by atoms with Gasteiger partial charge in [-0.25, -0.2) is 4.98 Å². The first-order chi connectivity index (χ1) is 8.51. The highest BCUT2D eigenvalue weighted by Crippen LogP contribution is 2.28. The summed E-state index contributed by atoms with van der Waals surface area (Å²) in [6, 6.07) is 6.15. The molecule has 18 heavy (non-hydrogen) atoms. The van der Waals surface area contributed by atoms with E-state index in [0.717, 1.165) is 16.9 Å². The Hall–Kier alpha value is -1.06. The van der Waals surface area contributed by atoms with E-state index in [9.17, 15) is 0 Å². The Kier molecular flexibility index (Phi) is 3.64. The molecule has 0 radical (unpaired) electrons. The van der Waals surface area contributed by atoms with Gasteiger partial charge in [0.1, 0.15) is 5.82 Å². The number of aromatic nitrogens is 2. The molecule has 0 saturated heterocycles. The van der Waals surface area contributed by atoms with Crippen molar-refractivity contribution < 1.29 is 4.74 Å². The van der Waals surface area contributed by atoms with E-state index in [1.54, 1.807) is 7.11 Å². The van der Waals surface area contributed by atoms with Crippen LogP contribution in [0.2, 0.25) is 0 Å². The van der Waals surface area contributed by atoms with E-state index in [4.69, 9.17) is 16.3 Å². The Labute approximate surface area is 113 Å². The zero-order chi connectivity index (χ0) is 13.3. The summed E-state index contributed by atoms with van der Waals surface area (Å²) in [5.74, 6) is 1.30. The van der Waals surface area contributed by atoms with E-state index in [2.05, 4.69) is 36.4 Å². The summed E-state index contributed by atoms with van der Waals surface area (Å²) >= 11 is 6.04. The maximum atomic E-state index is 6.04. The van der Waals surface area contributed by atoms with Gasteiger partial charge in [0.15, 0.2) is 0 Å². The number of halogens is 1. The van der Waals surface area contributed by atoms with E-state index in [1.165, 1.54) is 5.56 Å². The Morgan fingerprint density at radius 2 is 2.11 bits per heavy atom. The van der Waals surface area contributed by atoms with Crippen LogP contribution in [0.4, 0.5) is 0 Å². The SMILES string of the molecule is COCC(C)(C)n1c(CCl)nc2cccc(C)c21. The minimum absolute atomic E-state index is 0.167. The summed E-state index contributed by atoms with van der Waals surface area (Å²) in [5, 5.41) is 0. The maximum Gasteiger partial charge on any atom is 0.125 e. The van der Waals surface area contributed by atoms with Gasteiger partial charge in [-0.15, -0.1) is 11.6 Å². The smallest absolute Gasteiger partial charge is 0.125 e. The van der Waals surface area contributed by atoms with Crippen LogP contribution >= 0.6 is 11.6 Å². The number of imidazole rings is 1. The number of para-hydroxylation sites is 1. The normalized spacial score (nSPS) is 12.3. The number of alkyl halides is 1. The van der Waals surface area contributed by atoms with Gasteiger partial charge in [-0.2, -0.15) is 0 Å². The summed E-state index contributed by atoms with van der Waals surface area (Å²) in [4.78, 5) is 4.62. The lowest BCUT2D eigenvalue weighted by Crippen LogP contribution is -2.33. The number of hydrogen-bond acceptors (Lipinski definition) is 2. The molecule has 4 heteroatoms. The first kappa shape index (κ1) is 13.4. The molecule has 0 amide bonds. The molecule has 0 aliphatic rings. The predicted octanol–water partition coefficient (Wildman–Crippen LogP) is 3.47. The number of ether oxygens (including phenoxy) is 1. The number of fused-ring (bicyclic) bond motifs is 1. The second-order valence-electron chi connectivity index (χ2n) is 5.19. The van der Waals surface area contributed by atoms with Crippen LogP contribution in [0.1, 0.15) is 25.2 Å². The lowest BCUT2D eigenvalue weighted by molar-refractivity contribution is 0.110. The molecule has 0 saturated carbocycles. The van der Waals surface area contributed by atoms with Crippen molar-refractivity contribution in [2.24, 2.45) is 0 Å². The molecule has 0 fully saturated rings. The van der Waals surface area contributed by atoms with Crippen LogP contribution in [0.5, 0.6) is 0 Å². The van der Waals surface area contributed by atoms with Gasteiger partial charge in [0.05, 0.1) is 29.1 Å². The monoisotopic (exact) mass is 266 g/mol. The van der Waals surface area contributed by atoms with Gasteiger partial charge >= 0.3 is 0 Å². The van der Waals surface area contributed by atoms with Crippen molar-refractivity contribution in [3.63, 3.8) is 0 Å². The van der Waals surface area contributed by atoms with Crippen molar-refractivity contribution in [3.8, 4) is 0 Å². The van der Waals surface area contributed by atoms with E-state index in [0.29, 0.717) is 12.5 Å². The second kappa shape index (κ2) is 4.90. The Balaban J connectivity index is 2.74. The third kappa shape index (κ3) is 2.13. The van der Waals surface area contributed by atoms with Gasteiger partial charge in [-0.3, -0.25) is 0 Å². The molecule has 0 aliphatic heterocycles. The van der Waals surface area contributed by atoms with Gasteiger partial charge in [0, 0.05) is 7.11 Å². The molecule has 0 spiro atoms. The number of methoxy groups -OCH3 is 1. The van der Waals surface area contributed by atoms with Gasteiger partial charge in [0.2, 0.25) is 0 Å². The van der Waals surface area contributed by atoms with Gasteiger partial charge < -0.3 is 9.30 Å². The first-order valence-electron chi connectivity index (χ1n) is 6.03. The van der Waals surface area contributed by atoms with Crippen LogP contribution in [-0.4, -0.2) is 23.3 Å². The fourth-order valence-corrected chi connectivity index (χ4v) is 2.68. The predicted molar refractivity (Wildman–Crippen MR) is 75.2 cm³/mol. The van der Waals surface area contributed by atoms with Crippen molar-refractivity contribution in [2.75, 3.05) is 13.7 Å². The van der Waals surface area contributed by atoms with E-state index in [1.807, 2.05) is 12.1 Å². The van der Waals surface area contributed by atoms with Crippen LogP contribution in [0, 0.1) is 6.92 Å². The lowest BCUT2D eigenvalue weighted by atomic mass is 10.1. The second-order valence-corrected chi connectivity index (χ2v) is 5.45. The zero-order valence-electron chi connectivity index (χ0n) is 11.3. The highest BCUT2D eigenvalue weighted by atomic mass is 35.5. The largest absolute Gasteiger partial charge is 0.382 e. The molecule has 0 atom stereocenters. The molecule has 1 aromatic carbocycles. The summed E-state index contributed by atoms with van der Waals surface area (Å²) in [7, 11) is 1.72. The highest BCUT2D eigenvalue weighted by molar-refractivity contribution is 6.16. The average molecular weight is 267 g/mol. The molecule has 0 aliphatic carbocycles. The van der Waals surface area contributed by atoms with E-state index in [-0.39, 0.29) is 5.54 Å². The fourth-order valence-electron chi connectivity index (χ4n) is 2.50. The molecule has 2 aromatic rings. The number of nitrogens with zero attached hydrogens (tertiary/aromatic N) is 2. The van der Waals surface area contributed by atoms with Crippen molar-refractivity contribution >= 4 is 22.6 Å². The molecule has 1 heterocycles. The number of hydrogen-bond donors (Lipinski definition) is 0. The average Bonchev–Trinajstić information content (AvgIpc) is 2.69. The summed E-state index contributed by atoms with van der Waals surface area (Å²) in [6.07, 6.45) is 0. The Morgan fingerprint density at radius 1 is 1.39 bits per heavy atom. The van der Waals surface area contributed by atoms with Crippen molar-refractivity contribution in [2.45, 2.75) is 32.2 Å². The third-order valence-electron chi connectivity index (χ3n) is 3.17. The van der Waals surface area contributed by atoms with Gasteiger partial charge in [0.25, 0.3) is 0 Å². The van der Waals surface area contributed by atoms with Crippen molar-refractivity contribution in [1.82, 2.24) is 9.55 Å².